The van der Waals surface area contributed by atoms with Crippen molar-refractivity contribution in [3.8, 4) is 5.75 Å². The van der Waals surface area contributed by atoms with Gasteiger partial charge in [0.05, 0.1) is 7.11 Å². The molecule has 0 radical (unpaired) electrons. The first-order valence-corrected chi connectivity index (χ1v) is 6.71. The predicted octanol–water partition coefficient (Wildman–Crippen LogP) is 2.09. The molecule has 0 amide bonds. The van der Waals surface area contributed by atoms with Gasteiger partial charge < -0.3 is 15.0 Å². The summed E-state index contributed by atoms with van der Waals surface area (Å²) in [6.45, 7) is 2.20. The molecule has 1 aromatic rings. The molecule has 0 aromatic heterocycles. The molecule has 0 unspecified atom stereocenters. The van der Waals surface area contributed by atoms with E-state index in [4.69, 9.17) is 4.74 Å². The average Bonchev–Trinajstić information content (AvgIpc) is 2.31. The SMILES string of the molecule is COc1cccc(C2CC(NCCN(C)C)C2)c1. The Morgan fingerprint density at radius 3 is 2.78 bits per heavy atom. The van der Waals surface area contributed by atoms with Crippen LogP contribution in [-0.4, -0.2) is 45.2 Å². The number of hydrogen-bond donors (Lipinski definition) is 1. The zero-order chi connectivity index (χ0) is 13.0. The molecule has 0 saturated heterocycles. The van der Waals surface area contributed by atoms with Crippen molar-refractivity contribution in [1.82, 2.24) is 10.2 Å². The van der Waals surface area contributed by atoms with Crippen LogP contribution in [0.4, 0.5) is 0 Å². The predicted molar refractivity (Wildman–Crippen MR) is 75.3 cm³/mol. The Morgan fingerprint density at radius 2 is 2.11 bits per heavy atom. The van der Waals surface area contributed by atoms with Crippen LogP contribution in [0.15, 0.2) is 24.3 Å². The molecule has 2 rings (SSSR count). The molecule has 0 aliphatic heterocycles. The van der Waals surface area contributed by atoms with Crippen LogP contribution in [0.2, 0.25) is 0 Å². The zero-order valence-corrected chi connectivity index (χ0v) is 11.6. The van der Waals surface area contributed by atoms with E-state index in [0.29, 0.717) is 12.0 Å². The largest absolute Gasteiger partial charge is 0.497 e. The van der Waals surface area contributed by atoms with Gasteiger partial charge in [0.25, 0.3) is 0 Å². The molecule has 0 bridgehead atoms. The fourth-order valence-corrected chi connectivity index (χ4v) is 2.44. The van der Waals surface area contributed by atoms with E-state index in [-0.39, 0.29) is 0 Å². The van der Waals surface area contributed by atoms with Gasteiger partial charge in [-0.25, -0.2) is 0 Å². The van der Waals surface area contributed by atoms with Crippen molar-refractivity contribution in [3.63, 3.8) is 0 Å². The van der Waals surface area contributed by atoms with Crippen LogP contribution in [-0.2, 0) is 0 Å². The standard InChI is InChI=1S/C15H24N2O/c1-17(2)8-7-16-14-9-13(10-14)12-5-4-6-15(11-12)18-3/h4-6,11,13-14,16H,7-10H2,1-3H3. The van der Waals surface area contributed by atoms with E-state index in [0.717, 1.165) is 18.8 Å². The molecule has 100 valence electrons. The third-order valence-electron chi connectivity index (χ3n) is 3.70. The monoisotopic (exact) mass is 248 g/mol. The summed E-state index contributed by atoms with van der Waals surface area (Å²) in [5.74, 6) is 1.67. The lowest BCUT2D eigenvalue weighted by Crippen LogP contribution is -2.42. The van der Waals surface area contributed by atoms with Crippen molar-refractivity contribution >= 4 is 0 Å². The summed E-state index contributed by atoms with van der Waals surface area (Å²) < 4.78 is 5.27. The minimum atomic E-state index is 0.696. The van der Waals surface area contributed by atoms with E-state index >= 15 is 0 Å². The van der Waals surface area contributed by atoms with Gasteiger partial charge in [-0.15, -0.1) is 0 Å². The van der Waals surface area contributed by atoms with E-state index in [9.17, 15) is 0 Å². The van der Waals surface area contributed by atoms with Crippen molar-refractivity contribution in [3.05, 3.63) is 29.8 Å². The minimum Gasteiger partial charge on any atom is -0.497 e. The molecule has 1 aromatic carbocycles. The Balaban J connectivity index is 1.74. The molecular formula is C15H24N2O. The zero-order valence-electron chi connectivity index (χ0n) is 11.6. The highest BCUT2D eigenvalue weighted by Crippen LogP contribution is 2.37. The summed E-state index contributed by atoms with van der Waals surface area (Å²) in [4.78, 5) is 2.21. The topological polar surface area (TPSA) is 24.5 Å². The van der Waals surface area contributed by atoms with Gasteiger partial charge in [-0.05, 0) is 50.6 Å². The lowest BCUT2D eigenvalue weighted by atomic mass is 9.76. The second-order valence-corrected chi connectivity index (χ2v) is 5.40. The molecule has 1 aliphatic rings. The van der Waals surface area contributed by atoms with Gasteiger partial charge in [0.15, 0.2) is 0 Å². The molecule has 1 fully saturated rings. The molecule has 0 atom stereocenters. The third-order valence-corrected chi connectivity index (χ3v) is 3.70. The van der Waals surface area contributed by atoms with E-state index in [1.807, 2.05) is 6.07 Å². The van der Waals surface area contributed by atoms with Gasteiger partial charge in [-0.3, -0.25) is 0 Å². The summed E-state index contributed by atoms with van der Waals surface area (Å²) in [6.07, 6.45) is 2.50. The van der Waals surface area contributed by atoms with Crippen LogP contribution in [0.25, 0.3) is 0 Å². The van der Waals surface area contributed by atoms with Crippen molar-refractivity contribution in [1.29, 1.82) is 0 Å². The lowest BCUT2D eigenvalue weighted by Gasteiger charge is -2.36. The van der Waals surface area contributed by atoms with Crippen molar-refractivity contribution in [2.24, 2.45) is 0 Å². The smallest absolute Gasteiger partial charge is 0.119 e. The van der Waals surface area contributed by atoms with Crippen LogP contribution in [0.5, 0.6) is 5.75 Å². The van der Waals surface area contributed by atoms with Crippen LogP contribution in [0.1, 0.15) is 24.3 Å². The van der Waals surface area contributed by atoms with E-state index in [2.05, 4.69) is 42.5 Å². The maximum absolute atomic E-state index is 5.27. The number of ether oxygens (including phenoxy) is 1. The van der Waals surface area contributed by atoms with Gasteiger partial charge >= 0.3 is 0 Å². The Hall–Kier alpha value is -1.06. The summed E-state index contributed by atoms with van der Waals surface area (Å²) in [5, 5.41) is 3.61. The first-order chi connectivity index (χ1) is 8.69. The normalized spacial score (nSPS) is 22.9. The van der Waals surface area contributed by atoms with Crippen molar-refractivity contribution < 1.29 is 4.74 Å². The molecule has 18 heavy (non-hydrogen) atoms. The molecule has 1 N–H and O–H groups in total. The second-order valence-electron chi connectivity index (χ2n) is 5.40. The first kappa shape index (κ1) is 13.4. The molecule has 1 saturated carbocycles. The van der Waals surface area contributed by atoms with Crippen LogP contribution < -0.4 is 10.1 Å². The Morgan fingerprint density at radius 1 is 1.33 bits per heavy atom. The number of methoxy groups -OCH3 is 1. The van der Waals surface area contributed by atoms with E-state index < -0.39 is 0 Å². The number of rotatable bonds is 6. The van der Waals surface area contributed by atoms with E-state index in [1.54, 1.807) is 7.11 Å². The maximum atomic E-state index is 5.27. The number of nitrogens with zero attached hydrogens (tertiary/aromatic N) is 1. The average molecular weight is 248 g/mol. The van der Waals surface area contributed by atoms with Crippen molar-refractivity contribution in [2.75, 3.05) is 34.3 Å². The fourth-order valence-electron chi connectivity index (χ4n) is 2.44. The van der Waals surface area contributed by atoms with Gasteiger partial charge in [0.2, 0.25) is 0 Å². The quantitative estimate of drug-likeness (QED) is 0.834. The molecule has 3 nitrogen and oxygen atoms in total. The summed E-state index contributed by atoms with van der Waals surface area (Å²) in [7, 11) is 5.95. The summed E-state index contributed by atoms with van der Waals surface area (Å²) >= 11 is 0. The summed E-state index contributed by atoms with van der Waals surface area (Å²) in [6, 6.07) is 9.17. The molecule has 0 heterocycles. The summed E-state index contributed by atoms with van der Waals surface area (Å²) in [5.41, 5.74) is 1.42. The van der Waals surface area contributed by atoms with Gasteiger partial charge in [0.1, 0.15) is 5.75 Å². The Labute approximate surface area is 110 Å². The maximum Gasteiger partial charge on any atom is 0.119 e. The molecule has 0 spiro atoms. The number of hydrogen-bond acceptors (Lipinski definition) is 3. The second kappa shape index (κ2) is 6.21. The van der Waals surface area contributed by atoms with Crippen LogP contribution >= 0.6 is 0 Å². The highest BCUT2D eigenvalue weighted by atomic mass is 16.5. The number of likely N-dealkylation sites (N-methyl/N-ethyl adjacent to an activating group) is 1. The van der Waals surface area contributed by atoms with Crippen molar-refractivity contribution in [2.45, 2.75) is 24.8 Å². The molecule has 1 aliphatic carbocycles. The van der Waals surface area contributed by atoms with Crippen LogP contribution in [0, 0.1) is 0 Å². The highest BCUT2D eigenvalue weighted by molar-refractivity contribution is 5.32. The number of benzene rings is 1. The van der Waals surface area contributed by atoms with Gasteiger partial charge in [-0.2, -0.15) is 0 Å². The van der Waals surface area contributed by atoms with Crippen LogP contribution in [0.3, 0.4) is 0 Å². The fraction of sp³-hybridized carbons (Fsp3) is 0.600. The highest BCUT2D eigenvalue weighted by Gasteiger charge is 2.29. The lowest BCUT2D eigenvalue weighted by molar-refractivity contribution is 0.277. The Kier molecular flexibility index (Phi) is 4.61. The van der Waals surface area contributed by atoms with Gasteiger partial charge in [0, 0.05) is 19.1 Å². The molecule has 3 heteroatoms. The third kappa shape index (κ3) is 3.47. The van der Waals surface area contributed by atoms with Gasteiger partial charge in [-0.1, -0.05) is 12.1 Å². The number of nitrogens with one attached hydrogen (secondary N) is 1. The van der Waals surface area contributed by atoms with E-state index in [1.165, 1.54) is 18.4 Å². The first-order valence-electron chi connectivity index (χ1n) is 6.71. The molecular weight excluding hydrogens is 224 g/mol. The minimum absolute atomic E-state index is 0.696. The Bertz CT molecular complexity index is 373.